The SMILES string of the molecule is CCN1C[C@@]2(CC1=O)CN(C(=O)Nc1ccccc1)CCN(S(=O)(=O)CC(C)C)C2. The summed E-state index contributed by atoms with van der Waals surface area (Å²) in [5.74, 6) is 0.0816. The summed E-state index contributed by atoms with van der Waals surface area (Å²) in [5.41, 5.74) is 0.0876. The van der Waals surface area contributed by atoms with Gasteiger partial charge >= 0.3 is 6.03 Å². The van der Waals surface area contributed by atoms with Crippen molar-refractivity contribution < 1.29 is 18.0 Å². The second kappa shape index (κ2) is 8.93. The predicted molar refractivity (Wildman–Crippen MR) is 117 cm³/mol. The van der Waals surface area contributed by atoms with E-state index in [4.69, 9.17) is 0 Å². The molecule has 2 aliphatic rings. The zero-order valence-corrected chi connectivity index (χ0v) is 18.8. The Bertz CT molecular complexity index is 874. The minimum Gasteiger partial charge on any atom is -0.342 e. The number of urea groups is 1. The number of nitrogens with zero attached hydrogens (tertiary/aromatic N) is 3. The molecule has 2 saturated heterocycles. The third kappa shape index (κ3) is 5.13. The Balaban J connectivity index is 1.86. The highest BCUT2D eigenvalue weighted by atomic mass is 32.2. The highest BCUT2D eigenvalue weighted by Crippen LogP contribution is 2.36. The average molecular weight is 437 g/mol. The number of carbonyl (C=O) groups excluding carboxylic acids is 2. The van der Waals surface area contributed by atoms with Crippen molar-refractivity contribution >= 4 is 27.6 Å². The van der Waals surface area contributed by atoms with E-state index in [1.807, 2.05) is 51.1 Å². The Hall–Kier alpha value is -2.13. The molecule has 8 nitrogen and oxygen atoms in total. The van der Waals surface area contributed by atoms with Gasteiger partial charge in [-0.05, 0) is 25.0 Å². The van der Waals surface area contributed by atoms with Gasteiger partial charge in [-0.15, -0.1) is 0 Å². The molecule has 1 N–H and O–H groups in total. The predicted octanol–water partition coefficient (Wildman–Crippen LogP) is 2.06. The van der Waals surface area contributed by atoms with Crippen LogP contribution in [0.1, 0.15) is 27.2 Å². The normalized spacial score (nSPS) is 23.3. The van der Waals surface area contributed by atoms with E-state index in [1.165, 1.54) is 4.31 Å². The van der Waals surface area contributed by atoms with Gasteiger partial charge in [0.2, 0.25) is 15.9 Å². The van der Waals surface area contributed by atoms with Crippen LogP contribution in [0.5, 0.6) is 0 Å². The second-order valence-corrected chi connectivity index (χ2v) is 10.8. The van der Waals surface area contributed by atoms with Gasteiger partial charge in [0.1, 0.15) is 0 Å². The fourth-order valence-corrected chi connectivity index (χ4v) is 6.25. The largest absolute Gasteiger partial charge is 0.342 e. The first-order chi connectivity index (χ1) is 14.1. The van der Waals surface area contributed by atoms with E-state index in [9.17, 15) is 18.0 Å². The minimum absolute atomic E-state index is 0.00374. The number of para-hydroxylation sites is 1. The molecule has 0 aromatic heterocycles. The number of benzene rings is 1. The van der Waals surface area contributed by atoms with E-state index in [-0.39, 0.29) is 49.7 Å². The van der Waals surface area contributed by atoms with Crippen LogP contribution in [0.25, 0.3) is 0 Å². The molecule has 166 valence electrons. The zero-order chi connectivity index (χ0) is 21.9. The van der Waals surface area contributed by atoms with Gasteiger partial charge in [0.15, 0.2) is 0 Å². The van der Waals surface area contributed by atoms with Crippen LogP contribution in [0.3, 0.4) is 0 Å². The molecule has 2 aliphatic heterocycles. The lowest BCUT2D eigenvalue weighted by Crippen LogP contribution is -2.46. The van der Waals surface area contributed by atoms with E-state index in [0.717, 1.165) is 0 Å². The van der Waals surface area contributed by atoms with Gasteiger partial charge in [-0.1, -0.05) is 32.0 Å². The zero-order valence-electron chi connectivity index (χ0n) is 18.0. The Morgan fingerprint density at radius 3 is 2.43 bits per heavy atom. The van der Waals surface area contributed by atoms with Crippen LogP contribution < -0.4 is 5.32 Å². The molecule has 0 radical (unpaired) electrons. The van der Waals surface area contributed by atoms with Crippen LogP contribution in [0, 0.1) is 11.3 Å². The summed E-state index contributed by atoms with van der Waals surface area (Å²) in [6.45, 7) is 7.85. The van der Waals surface area contributed by atoms with E-state index in [2.05, 4.69) is 5.32 Å². The van der Waals surface area contributed by atoms with Crippen molar-refractivity contribution in [3.8, 4) is 0 Å². The molecule has 0 saturated carbocycles. The average Bonchev–Trinajstić information content (AvgIpc) is 2.85. The highest BCUT2D eigenvalue weighted by molar-refractivity contribution is 7.89. The Morgan fingerprint density at radius 1 is 1.13 bits per heavy atom. The van der Waals surface area contributed by atoms with Gasteiger partial charge in [-0.25, -0.2) is 13.2 Å². The number of hydrogen-bond acceptors (Lipinski definition) is 4. The van der Waals surface area contributed by atoms with E-state index in [1.54, 1.807) is 9.80 Å². The second-order valence-electron chi connectivity index (χ2n) is 8.81. The molecule has 1 spiro atoms. The van der Waals surface area contributed by atoms with Gasteiger partial charge in [0.25, 0.3) is 0 Å². The van der Waals surface area contributed by atoms with E-state index < -0.39 is 15.4 Å². The first-order valence-corrected chi connectivity index (χ1v) is 12.1. The van der Waals surface area contributed by atoms with Gasteiger partial charge in [0, 0.05) is 56.8 Å². The van der Waals surface area contributed by atoms with Crippen LogP contribution >= 0.6 is 0 Å². The van der Waals surface area contributed by atoms with Gasteiger partial charge in [0.05, 0.1) is 5.75 Å². The number of sulfonamides is 1. The third-order valence-electron chi connectivity index (χ3n) is 5.69. The van der Waals surface area contributed by atoms with Gasteiger partial charge in [-0.3, -0.25) is 4.79 Å². The molecule has 1 atom stereocenters. The summed E-state index contributed by atoms with van der Waals surface area (Å²) in [6.07, 6.45) is 0.254. The number of amides is 3. The molecule has 30 heavy (non-hydrogen) atoms. The van der Waals surface area contributed by atoms with Crippen LogP contribution in [-0.2, 0) is 14.8 Å². The Morgan fingerprint density at radius 2 is 1.83 bits per heavy atom. The molecule has 2 fully saturated rings. The van der Waals surface area contributed by atoms with Crippen molar-refractivity contribution in [2.24, 2.45) is 11.3 Å². The highest BCUT2D eigenvalue weighted by Gasteiger charge is 2.48. The first-order valence-electron chi connectivity index (χ1n) is 10.5. The topological polar surface area (TPSA) is 90.0 Å². The number of carbonyl (C=O) groups is 2. The lowest BCUT2D eigenvalue weighted by atomic mass is 9.86. The molecule has 2 heterocycles. The summed E-state index contributed by atoms with van der Waals surface area (Å²) < 4.78 is 27.5. The van der Waals surface area contributed by atoms with Crippen LogP contribution in [-0.4, -0.2) is 79.5 Å². The molecular weight excluding hydrogens is 404 g/mol. The van der Waals surface area contributed by atoms with Crippen molar-refractivity contribution in [1.29, 1.82) is 0 Å². The maximum Gasteiger partial charge on any atom is 0.321 e. The Kier molecular flexibility index (Phi) is 6.71. The lowest BCUT2D eigenvalue weighted by Gasteiger charge is -2.33. The van der Waals surface area contributed by atoms with Crippen molar-refractivity contribution in [3.63, 3.8) is 0 Å². The number of hydrogen-bond donors (Lipinski definition) is 1. The molecule has 9 heteroatoms. The number of rotatable bonds is 5. The standard InChI is InChI=1S/C21H32N4O4S/c1-4-23-14-21(12-19(23)26)15-24(20(27)22-18-8-6-5-7-9-18)10-11-25(16-21)30(28,29)13-17(2)3/h5-9,17H,4,10-16H2,1-3H3,(H,22,27)/t21-/m0/s1. The molecule has 1 aromatic rings. The summed E-state index contributed by atoms with van der Waals surface area (Å²) >= 11 is 0. The summed E-state index contributed by atoms with van der Waals surface area (Å²) in [7, 11) is -3.47. The first kappa shape index (κ1) is 22.6. The van der Waals surface area contributed by atoms with Crippen molar-refractivity contribution in [3.05, 3.63) is 30.3 Å². The van der Waals surface area contributed by atoms with E-state index >= 15 is 0 Å². The number of nitrogens with one attached hydrogen (secondary N) is 1. The third-order valence-corrected chi connectivity index (χ3v) is 7.88. The van der Waals surface area contributed by atoms with Gasteiger partial charge in [-0.2, -0.15) is 4.31 Å². The molecule has 0 bridgehead atoms. The van der Waals surface area contributed by atoms with Crippen LogP contribution in [0.15, 0.2) is 30.3 Å². The summed E-state index contributed by atoms with van der Waals surface area (Å²) in [4.78, 5) is 28.9. The molecule has 1 aromatic carbocycles. The van der Waals surface area contributed by atoms with Crippen LogP contribution in [0.4, 0.5) is 10.5 Å². The summed E-state index contributed by atoms with van der Waals surface area (Å²) in [6, 6.07) is 8.90. The minimum atomic E-state index is -3.47. The van der Waals surface area contributed by atoms with E-state index in [0.29, 0.717) is 25.3 Å². The Labute approximate surface area is 179 Å². The lowest BCUT2D eigenvalue weighted by molar-refractivity contribution is -0.127. The van der Waals surface area contributed by atoms with Gasteiger partial charge < -0.3 is 15.1 Å². The monoisotopic (exact) mass is 436 g/mol. The fraction of sp³-hybridized carbons (Fsp3) is 0.619. The van der Waals surface area contributed by atoms with Crippen LogP contribution in [0.2, 0.25) is 0 Å². The fourth-order valence-electron chi connectivity index (χ4n) is 4.36. The molecular formula is C21H32N4O4S. The quantitative estimate of drug-likeness (QED) is 0.765. The molecule has 3 amide bonds. The summed E-state index contributed by atoms with van der Waals surface area (Å²) in [5, 5.41) is 2.89. The van der Waals surface area contributed by atoms with Crippen molar-refractivity contribution in [2.75, 3.05) is 50.3 Å². The molecule has 0 unspecified atom stereocenters. The molecule has 3 rings (SSSR count). The van der Waals surface area contributed by atoms with Crippen molar-refractivity contribution in [2.45, 2.75) is 27.2 Å². The maximum absolute atomic E-state index is 13.0. The molecule has 0 aliphatic carbocycles. The smallest absolute Gasteiger partial charge is 0.321 e. The number of anilines is 1. The maximum atomic E-state index is 13.0. The van der Waals surface area contributed by atoms with Crippen molar-refractivity contribution in [1.82, 2.24) is 14.1 Å². The number of likely N-dealkylation sites (tertiary alicyclic amines) is 1.